The third-order valence-corrected chi connectivity index (χ3v) is 2.79. The summed E-state index contributed by atoms with van der Waals surface area (Å²) in [7, 11) is 0. The first-order valence-corrected chi connectivity index (χ1v) is 6.46. The molecule has 0 bridgehead atoms. The van der Waals surface area contributed by atoms with Gasteiger partial charge in [0.05, 0.1) is 12.2 Å². The lowest BCUT2D eigenvalue weighted by Crippen LogP contribution is -2.30. The summed E-state index contributed by atoms with van der Waals surface area (Å²) in [5, 5.41) is 0. The van der Waals surface area contributed by atoms with Crippen molar-refractivity contribution in [1.29, 1.82) is 0 Å². The van der Waals surface area contributed by atoms with Gasteiger partial charge in [-0.25, -0.2) is 0 Å². The minimum absolute atomic E-state index is 0.00649. The molecule has 1 rings (SSSR count). The number of ether oxygens (including phenoxy) is 1. The van der Waals surface area contributed by atoms with Crippen LogP contribution in [0.4, 0.5) is 0 Å². The van der Waals surface area contributed by atoms with Crippen molar-refractivity contribution in [2.24, 2.45) is 11.7 Å². The molecule has 0 aromatic heterocycles. The van der Waals surface area contributed by atoms with Crippen molar-refractivity contribution in [1.82, 2.24) is 0 Å². The molecule has 0 aliphatic heterocycles. The molecule has 0 aliphatic carbocycles. The normalized spacial score (nSPS) is 16.8. The maximum atomic E-state index is 6.08. The molecule has 0 amide bonds. The monoisotopic (exact) mass is 235 g/mol. The van der Waals surface area contributed by atoms with Crippen molar-refractivity contribution < 1.29 is 4.74 Å². The Hall–Kier alpha value is -0.860. The average Bonchev–Trinajstić information content (AvgIpc) is 2.25. The summed E-state index contributed by atoms with van der Waals surface area (Å²) in [6.07, 6.45) is 1.30. The summed E-state index contributed by atoms with van der Waals surface area (Å²) in [4.78, 5) is 0. The van der Waals surface area contributed by atoms with Crippen LogP contribution in [0.5, 0.6) is 0 Å². The van der Waals surface area contributed by atoms with Crippen LogP contribution in [0.15, 0.2) is 30.3 Å². The largest absolute Gasteiger partial charge is 0.369 e. The molecular formula is C15H25NO. The van der Waals surface area contributed by atoms with Gasteiger partial charge in [0.25, 0.3) is 0 Å². The quantitative estimate of drug-likeness (QED) is 0.818. The maximum Gasteiger partial charge on any atom is 0.0976 e. The molecule has 0 saturated heterocycles. The van der Waals surface area contributed by atoms with E-state index in [2.05, 4.69) is 32.9 Å². The number of nitrogens with two attached hydrogens (primary N) is 1. The number of rotatable bonds is 6. The highest BCUT2D eigenvalue weighted by Crippen LogP contribution is 2.23. The second-order valence-corrected chi connectivity index (χ2v) is 5.27. The van der Waals surface area contributed by atoms with Gasteiger partial charge in [-0.3, -0.25) is 0 Å². The molecule has 3 atom stereocenters. The lowest BCUT2D eigenvalue weighted by molar-refractivity contribution is -0.0237. The zero-order valence-electron chi connectivity index (χ0n) is 11.4. The fourth-order valence-electron chi connectivity index (χ4n) is 2.12. The Kier molecular flexibility index (Phi) is 5.66. The first-order valence-electron chi connectivity index (χ1n) is 6.46. The van der Waals surface area contributed by atoms with E-state index in [-0.39, 0.29) is 18.2 Å². The second kappa shape index (κ2) is 6.77. The summed E-state index contributed by atoms with van der Waals surface area (Å²) in [5.74, 6) is 0.648. The highest BCUT2D eigenvalue weighted by Gasteiger charge is 2.19. The van der Waals surface area contributed by atoms with E-state index in [0.29, 0.717) is 5.92 Å². The molecule has 17 heavy (non-hydrogen) atoms. The second-order valence-electron chi connectivity index (χ2n) is 5.27. The van der Waals surface area contributed by atoms with Gasteiger partial charge in [-0.2, -0.15) is 0 Å². The summed E-state index contributed by atoms with van der Waals surface area (Å²) >= 11 is 0. The molecule has 2 heteroatoms. The maximum absolute atomic E-state index is 6.08. The minimum atomic E-state index is -0.00931. The van der Waals surface area contributed by atoms with Crippen molar-refractivity contribution in [2.45, 2.75) is 52.4 Å². The van der Waals surface area contributed by atoms with Crippen LogP contribution in [0.2, 0.25) is 0 Å². The molecule has 3 unspecified atom stereocenters. The van der Waals surface area contributed by atoms with Crippen LogP contribution < -0.4 is 5.73 Å². The Morgan fingerprint density at radius 2 is 1.65 bits per heavy atom. The van der Waals surface area contributed by atoms with Gasteiger partial charge in [0.2, 0.25) is 0 Å². The van der Waals surface area contributed by atoms with E-state index < -0.39 is 0 Å². The lowest BCUT2D eigenvalue weighted by Gasteiger charge is -2.26. The molecule has 1 aromatic carbocycles. The van der Waals surface area contributed by atoms with Crippen LogP contribution in [0.3, 0.4) is 0 Å². The Labute approximate surface area is 105 Å². The molecule has 2 N–H and O–H groups in total. The predicted octanol–water partition coefficient (Wildman–Crippen LogP) is 3.53. The van der Waals surface area contributed by atoms with E-state index in [9.17, 15) is 0 Å². The highest BCUT2D eigenvalue weighted by molar-refractivity contribution is 5.18. The van der Waals surface area contributed by atoms with Gasteiger partial charge in [-0.1, -0.05) is 44.2 Å². The first-order chi connectivity index (χ1) is 8.00. The van der Waals surface area contributed by atoms with Crippen molar-refractivity contribution in [3.63, 3.8) is 0 Å². The molecule has 0 radical (unpaired) electrons. The zero-order chi connectivity index (χ0) is 12.8. The number of hydrogen-bond acceptors (Lipinski definition) is 2. The van der Waals surface area contributed by atoms with Gasteiger partial charge in [0.1, 0.15) is 0 Å². The first kappa shape index (κ1) is 14.2. The zero-order valence-corrected chi connectivity index (χ0v) is 11.4. The van der Waals surface area contributed by atoms with Gasteiger partial charge in [0, 0.05) is 6.04 Å². The Morgan fingerprint density at radius 1 is 1.06 bits per heavy atom. The van der Waals surface area contributed by atoms with E-state index in [0.717, 1.165) is 12.0 Å². The molecule has 1 aromatic rings. The van der Waals surface area contributed by atoms with E-state index in [1.165, 1.54) is 0 Å². The fourth-order valence-corrected chi connectivity index (χ4v) is 2.12. The smallest absolute Gasteiger partial charge is 0.0976 e. The van der Waals surface area contributed by atoms with Gasteiger partial charge >= 0.3 is 0 Å². The number of hydrogen-bond donors (Lipinski definition) is 1. The fraction of sp³-hybridized carbons (Fsp3) is 0.600. The van der Waals surface area contributed by atoms with Gasteiger partial charge in [-0.15, -0.1) is 0 Å². The lowest BCUT2D eigenvalue weighted by atomic mass is 10.0. The minimum Gasteiger partial charge on any atom is -0.369 e. The summed E-state index contributed by atoms with van der Waals surface area (Å²) in [5.41, 5.74) is 7.19. The van der Waals surface area contributed by atoms with Crippen molar-refractivity contribution in [3.8, 4) is 0 Å². The molecule has 0 fully saturated rings. The molecule has 0 heterocycles. The van der Waals surface area contributed by atoms with Gasteiger partial charge in [0.15, 0.2) is 0 Å². The van der Waals surface area contributed by atoms with Crippen LogP contribution >= 0.6 is 0 Å². The van der Waals surface area contributed by atoms with Crippen LogP contribution in [0, 0.1) is 5.92 Å². The van der Waals surface area contributed by atoms with E-state index >= 15 is 0 Å². The molecule has 0 spiro atoms. The summed E-state index contributed by atoms with van der Waals surface area (Å²) in [6.45, 7) is 8.55. The Bertz CT molecular complexity index is 308. The van der Waals surface area contributed by atoms with Crippen LogP contribution in [0.25, 0.3) is 0 Å². The summed E-state index contributed by atoms with van der Waals surface area (Å²) < 4.78 is 6.08. The topological polar surface area (TPSA) is 35.2 Å². The van der Waals surface area contributed by atoms with Crippen molar-refractivity contribution >= 4 is 0 Å². The van der Waals surface area contributed by atoms with Crippen LogP contribution in [0.1, 0.15) is 45.8 Å². The molecule has 0 saturated carbocycles. The molecule has 0 aliphatic rings. The van der Waals surface area contributed by atoms with Crippen molar-refractivity contribution in [2.75, 3.05) is 0 Å². The average molecular weight is 235 g/mol. The Balaban J connectivity index is 2.68. The van der Waals surface area contributed by atoms with Gasteiger partial charge in [-0.05, 0) is 31.7 Å². The van der Waals surface area contributed by atoms with E-state index in [4.69, 9.17) is 10.5 Å². The van der Waals surface area contributed by atoms with Crippen LogP contribution in [-0.4, -0.2) is 12.1 Å². The number of benzene rings is 1. The van der Waals surface area contributed by atoms with E-state index in [1.54, 1.807) is 0 Å². The van der Waals surface area contributed by atoms with Crippen LogP contribution in [-0.2, 0) is 4.74 Å². The molecular weight excluding hydrogens is 210 g/mol. The van der Waals surface area contributed by atoms with Crippen molar-refractivity contribution in [3.05, 3.63) is 35.9 Å². The third kappa shape index (κ3) is 4.88. The van der Waals surface area contributed by atoms with Gasteiger partial charge < -0.3 is 10.5 Å². The predicted molar refractivity (Wildman–Crippen MR) is 72.8 cm³/mol. The van der Waals surface area contributed by atoms with E-state index in [1.807, 2.05) is 25.1 Å². The SMILES string of the molecule is CC(C)CC(C)OC(c1ccccc1)C(C)N. The standard InChI is InChI=1S/C15H25NO/c1-11(2)10-12(3)17-15(13(4)16)14-8-6-5-7-9-14/h5-9,11-13,15H,10,16H2,1-4H3. The molecule has 96 valence electrons. The molecule has 2 nitrogen and oxygen atoms in total. The summed E-state index contributed by atoms with van der Waals surface area (Å²) in [6, 6.07) is 10.2. The highest BCUT2D eigenvalue weighted by atomic mass is 16.5. The third-order valence-electron chi connectivity index (χ3n) is 2.79. The Morgan fingerprint density at radius 3 is 2.12 bits per heavy atom.